The second kappa shape index (κ2) is 9.22. The van der Waals surface area contributed by atoms with E-state index in [0.717, 1.165) is 12.8 Å². The molecule has 154 valence electrons. The van der Waals surface area contributed by atoms with Gasteiger partial charge in [0.15, 0.2) is 17.5 Å². The Kier molecular flexibility index (Phi) is 6.48. The van der Waals surface area contributed by atoms with Crippen LogP contribution in [0.3, 0.4) is 0 Å². The van der Waals surface area contributed by atoms with Gasteiger partial charge in [0.2, 0.25) is 0 Å². The standard InChI is InChI=1S/C20H23N3O6/c1-3-4-8-16(19(25)21-17-12-13(2)29-22-17)27-18(24)10-11-23-14-7-5-6-9-15(14)28-20(23)26/h5-7,9,12,16H,3-4,8,10-11H2,1-2H3,(H,21,22,25). The number of aryl methyl sites for hydroxylation is 2. The van der Waals surface area contributed by atoms with Gasteiger partial charge in [0.1, 0.15) is 5.76 Å². The Labute approximate surface area is 166 Å². The van der Waals surface area contributed by atoms with Gasteiger partial charge in [0, 0.05) is 12.6 Å². The van der Waals surface area contributed by atoms with Crippen molar-refractivity contribution in [3.63, 3.8) is 0 Å². The van der Waals surface area contributed by atoms with E-state index in [4.69, 9.17) is 13.7 Å². The first-order chi connectivity index (χ1) is 14.0. The van der Waals surface area contributed by atoms with Crippen molar-refractivity contribution in [2.24, 2.45) is 0 Å². The molecule has 0 aliphatic carbocycles. The van der Waals surface area contributed by atoms with Crippen LogP contribution in [0.15, 0.2) is 44.1 Å². The van der Waals surface area contributed by atoms with E-state index < -0.39 is 23.7 Å². The van der Waals surface area contributed by atoms with Crippen molar-refractivity contribution >= 4 is 28.8 Å². The molecule has 0 spiro atoms. The number of anilines is 1. The average Bonchev–Trinajstić information content (AvgIpc) is 3.25. The van der Waals surface area contributed by atoms with E-state index in [9.17, 15) is 14.4 Å². The molecule has 0 bridgehead atoms. The summed E-state index contributed by atoms with van der Waals surface area (Å²) in [4.78, 5) is 36.8. The van der Waals surface area contributed by atoms with Gasteiger partial charge in [-0.3, -0.25) is 14.2 Å². The van der Waals surface area contributed by atoms with Crippen LogP contribution in [0.25, 0.3) is 11.1 Å². The molecule has 9 nitrogen and oxygen atoms in total. The van der Waals surface area contributed by atoms with Gasteiger partial charge in [-0.05, 0) is 31.9 Å². The molecule has 1 unspecified atom stereocenters. The van der Waals surface area contributed by atoms with Crippen LogP contribution in [0.2, 0.25) is 0 Å². The van der Waals surface area contributed by atoms with Crippen LogP contribution in [-0.2, 0) is 20.9 Å². The topological polar surface area (TPSA) is 117 Å². The van der Waals surface area contributed by atoms with Gasteiger partial charge >= 0.3 is 11.7 Å². The number of carbonyl (C=O) groups is 2. The normalized spacial score (nSPS) is 12.1. The number of aromatic nitrogens is 2. The lowest BCUT2D eigenvalue weighted by atomic mass is 10.1. The molecule has 0 saturated carbocycles. The summed E-state index contributed by atoms with van der Waals surface area (Å²) in [5.41, 5.74) is 1.06. The summed E-state index contributed by atoms with van der Waals surface area (Å²) in [6, 6.07) is 8.54. The first-order valence-corrected chi connectivity index (χ1v) is 9.50. The van der Waals surface area contributed by atoms with E-state index in [-0.39, 0.29) is 18.8 Å². The number of benzene rings is 1. The van der Waals surface area contributed by atoms with E-state index in [1.807, 2.05) is 6.92 Å². The maximum absolute atomic E-state index is 12.5. The summed E-state index contributed by atoms with van der Waals surface area (Å²) < 4.78 is 16.8. The van der Waals surface area contributed by atoms with Crippen LogP contribution in [0.1, 0.15) is 38.4 Å². The van der Waals surface area contributed by atoms with Gasteiger partial charge in [-0.25, -0.2) is 4.79 Å². The van der Waals surface area contributed by atoms with Crippen LogP contribution >= 0.6 is 0 Å². The number of amides is 1. The highest BCUT2D eigenvalue weighted by Crippen LogP contribution is 2.14. The Hall–Kier alpha value is -3.36. The van der Waals surface area contributed by atoms with E-state index in [1.54, 1.807) is 37.3 Å². The Morgan fingerprint density at radius 1 is 1.31 bits per heavy atom. The predicted octanol–water partition coefficient (Wildman–Crippen LogP) is 3.02. The van der Waals surface area contributed by atoms with Gasteiger partial charge in [0.05, 0.1) is 11.9 Å². The van der Waals surface area contributed by atoms with E-state index in [2.05, 4.69) is 10.5 Å². The fraction of sp³-hybridized carbons (Fsp3) is 0.400. The molecule has 2 aromatic heterocycles. The zero-order valence-corrected chi connectivity index (χ0v) is 16.3. The van der Waals surface area contributed by atoms with Gasteiger partial charge in [0.25, 0.3) is 5.91 Å². The Morgan fingerprint density at radius 2 is 2.10 bits per heavy atom. The summed E-state index contributed by atoms with van der Waals surface area (Å²) in [6.07, 6.45) is 0.940. The van der Waals surface area contributed by atoms with Crippen molar-refractivity contribution in [1.29, 1.82) is 0 Å². The Morgan fingerprint density at radius 3 is 2.83 bits per heavy atom. The highest BCUT2D eigenvalue weighted by Gasteiger charge is 2.24. The highest BCUT2D eigenvalue weighted by molar-refractivity contribution is 5.94. The maximum Gasteiger partial charge on any atom is 0.419 e. The molecule has 0 radical (unpaired) electrons. The molecule has 0 fully saturated rings. The van der Waals surface area contributed by atoms with Crippen molar-refractivity contribution in [1.82, 2.24) is 9.72 Å². The third kappa shape index (κ3) is 5.13. The first kappa shape index (κ1) is 20.4. The average molecular weight is 401 g/mol. The number of oxazole rings is 1. The second-order valence-electron chi connectivity index (χ2n) is 6.67. The van der Waals surface area contributed by atoms with Crippen molar-refractivity contribution in [2.45, 2.75) is 52.2 Å². The minimum atomic E-state index is -0.947. The number of rotatable bonds is 9. The van der Waals surface area contributed by atoms with Crippen molar-refractivity contribution in [2.75, 3.05) is 5.32 Å². The zero-order chi connectivity index (χ0) is 20.8. The minimum Gasteiger partial charge on any atom is -0.452 e. The van der Waals surface area contributed by atoms with E-state index >= 15 is 0 Å². The lowest BCUT2D eigenvalue weighted by Gasteiger charge is -2.16. The number of ether oxygens (including phenoxy) is 1. The molecule has 3 aromatic rings. The number of fused-ring (bicyclic) bond motifs is 1. The lowest BCUT2D eigenvalue weighted by molar-refractivity contribution is -0.154. The summed E-state index contributed by atoms with van der Waals surface area (Å²) in [6.45, 7) is 3.78. The first-order valence-electron chi connectivity index (χ1n) is 9.50. The quantitative estimate of drug-likeness (QED) is 0.548. The van der Waals surface area contributed by atoms with Crippen LogP contribution in [0.4, 0.5) is 5.82 Å². The number of carbonyl (C=O) groups excluding carboxylic acids is 2. The number of nitrogens with zero attached hydrogens (tertiary/aromatic N) is 2. The summed E-state index contributed by atoms with van der Waals surface area (Å²) in [7, 11) is 0. The maximum atomic E-state index is 12.5. The van der Waals surface area contributed by atoms with Gasteiger partial charge in [-0.2, -0.15) is 0 Å². The van der Waals surface area contributed by atoms with Crippen molar-refractivity contribution in [3.8, 4) is 0 Å². The summed E-state index contributed by atoms with van der Waals surface area (Å²) in [5.74, 6) is -0.761. The monoisotopic (exact) mass is 401 g/mol. The molecule has 1 N–H and O–H groups in total. The van der Waals surface area contributed by atoms with Crippen LogP contribution < -0.4 is 11.1 Å². The van der Waals surface area contributed by atoms with Gasteiger partial charge < -0.3 is 19.0 Å². The molecular formula is C20H23N3O6. The lowest BCUT2D eigenvalue weighted by Crippen LogP contribution is -2.33. The summed E-state index contributed by atoms with van der Waals surface area (Å²) >= 11 is 0. The highest BCUT2D eigenvalue weighted by atomic mass is 16.5. The molecule has 3 rings (SSSR count). The SMILES string of the molecule is CCCCC(OC(=O)CCn1c(=O)oc2ccccc21)C(=O)Nc1cc(C)on1. The fourth-order valence-corrected chi connectivity index (χ4v) is 2.91. The molecule has 0 saturated heterocycles. The van der Waals surface area contributed by atoms with Crippen LogP contribution in [0, 0.1) is 6.92 Å². The molecular weight excluding hydrogens is 378 g/mol. The van der Waals surface area contributed by atoms with Crippen molar-refractivity contribution < 1.29 is 23.3 Å². The van der Waals surface area contributed by atoms with Crippen LogP contribution in [-0.4, -0.2) is 27.7 Å². The largest absolute Gasteiger partial charge is 0.452 e. The molecule has 1 aromatic carbocycles. The Bertz CT molecular complexity index is 1050. The molecule has 1 amide bonds. The molecule has 0 aliphatic heterocycles. The molecule has 0 aliphatic rings. The van der Waals surface area contributed by atoms with E-state index in [0.29, 0.717) is 23.3 Å². The third-order valence-electron chi connectivity index (χ3n) is 4.38. The Balaban J connectivity index is 1.62. The van der Waals surface area contributed by atoms with Gasteiger partial charge in [-0.1, -0.05) is 30.6 Å². The second-order valence-corrected chi connectivity index (χ2v) is 6.67. The minimum absolute atomic E-state index is 0.0671. The third-order valence-corrected chi connectivity index (χ3v) is 4.38. The number of hydrogen-bond acceptors (Lipinski definition) is 7. The van der Waals surface area contributed by atoms with Gasteiger partial charge in [-0.15, -0.1) is 0 Å². The molecule has 1 atom stereocenters. The van der Waals surface area contributed by atoms with Crippen molar-refractivity contribution in [3.05, 3.63) is 46.6 Å². The fourth-order valence-electron chi connectivity index (χ4n) is 2.91. The predicted molar refractivity (Wildman–Crippen MR) is 104 cm³/mol. The van der Waals surface area contributed by atoms with E-state index in [1.165, 1.54) is 4.57 Å². The number of nitrogens with one attached hydrogen (secondary N) is 1. The molecule has 9 heteroatoms. The zero-order valence-electron chi connectivity index (χ0n) is 16.3. The molecule has 29 heavy (non-hydrogen) atoms. The van der Waals surface area contributed by atoms with Crippen LogP contribution in [0.5, 0.6) is 0 Å². The number of para-hydroxylation sites is 2. The molecule has 2 heterocycles. The number of esters is 1. The number of unbranched alkanes of at least 4 members (excludes halogenated alkanes) is 1. The smallest absolute Gasteiger partial charge is 0.419 e. The summed E-state index contributed by atoms with van der Waals surface area (Å²) in [5, 5.41) is 6.30. The number of hydrogen-bond donors (Lipinski definition) is 1.